The van der Waals surface area contributed by atoms with Gasteiger partial charge < -0.3 is 4.74 Å². The molecule has 0 atom stereocenters. The predicted molar refractivity (Wildman–Crippen MR) is 159 cm³/mol. The molecule has 1 aliphatic rings. The molecule has 0 radical (unpaired) electrons. The zero-order valence-corrected chi connectivity index (χ0v) is 23.9. The minimum Gasteiger partial charge on any atom is -0.489 e. The molecule has 3 aromatic rings. The Labute approximate surface area is 219 Å². The Balaban J connectivity index is 2.31. The van der Waals surface area contributed by atoms with E-state index < -0.39 is 14.2 Å². The van der Waals surface area contributed by atoms with Gasteiger partial charge in [-0.05, 0) is 35.5 Å². The highest BCUT2D eigenvalue weighted by atomic mass is 28.3. The number of allylic oxidation sites excluding steroid dienone is 4. The molecule has 0 unspecified atom stereocenters. The first kappa shape index (κ1) is 26.0. The number of benzene rings is 3. The van der Waals surface area contributed by atoms with E-state index in [0.29, 0.717) is 6.61 Å². The third kappa shape index (κ3) is 4.55. The van der Waals surface area contributed by atoms with Gasteiger partial charge in [-0.25, -0.2) is 0 Å². The van der Waals surface area contributed by atoms with Crippen LogP contribution in [0.2, 0.25) is 13.1 Å². The van der Waals surface area contributed by atoms with Gasteiger partial charge in [0.15, 0.2) is 0 Å². The van der Waals surface area contributed by atoms with Gasteiger partial charge in [-0.15, -0.1) is 0 Å². The maximum absolute atomic E-state index is 6.75. The summed E-state index contributed by atoms with van der Waals surface area (Å²) >= 11 is 0. The maximum Gasteiger partial charge on any atom is 0.128 e. The van der Waals surface area contributed by atoms with E-state index >= 15 is 0 Å². The second-order valence-electron chi connectivity index (χ2n) is 11.1. The Morgan fingerprint density at radius 3 is 1.97 bits per heavy atom. The smallest absolute Gasteiger partial charge is 0.128 e. The number of hydrogen-bond acceptors (Lipinski definition) is 1. The molecule has 0 aromatic heterocycles. The van der Waals surface area contributed by atoms with E-state index in [9.17, 15) is 0 Å². The molecule has 0 aliphatic heterocycles. The number of aryl methyl sites for hydroxylation is 1. The van der Waals surface area contributed by atoms with E-state index in [1.807, 2.05) is 6.08 Å². The summed E-state index contributed by atoms with van der Waals surface area (Å²) in [6.07, 6.45) is 9.84. The molecule has 0 amide bonds. The molecule has 3 aromatic carbocycles. The normalized spacial score (nSPS) is 13.7. The average molecular weight is 493 g/mol. The van der Waals surface area contributed by atoms with Crippen LogP contribution in [0.1, 0.15) is 55.0 Å². The summed E-state index contributed by atoms with van der Waals surface area (Å²) in [6.45, 7) is 18.5. The van der Waals surface area contributed by atoms with Gasteiger partial charge in [0.25, 0.3) is 0 Å². The van der Waals surface area contributed by atoms with E-state index in [0.717, 1.165) is 12.2 Å². The third-order valence-corrected chi connectivity index (χ3v) is 9.15. The van der Waals surface area contributed by atoms with Crippen molar-refractivity contribution >= 4 is 14.0 Å². The Morgan fingerprint density at radius 2 is 1.53 bits per heavy atom. The Morgan fingerprint density at radius 1 is 0.944 bits per heavy atom. The largest absolute Gasteiger partial charge is 0.489 e. The van der Waals surface area contributed by atoms with Crippen molar-refractivity contribution in [1.29, 1.82) is 0 Å². The van der Waals surface area contributed by atoms with Crippen LogP contribution in [-0.4, -0.2) is 15.4 Å². The Hall–Kier alpha value is -3.10. The van der Waals surface area contributed by atoms with E-state index in [1.54, 1.807) is 0 Å². The Kier molecular flexibility index (Phi) is 7.56. The zero-order valence-electron chi connectivity index (χ0n) is 22.8. The molecular weight excluding hydrogens is 452 g/mol. The highest BCUT2D eigenvalue weighted by Gasteiger charge is 2.45. The van der Waals surface area contributed by atoms with Crippen LogP contribution in [0.15, 0.2) is 103 Å². The fourth-order valence-corrected chi connectivity index (χ4v) is 7.74. The number of hydrogen-bond donors (Lipinski definition) is 0. The van der Waals surface area contributed by atoms with Crippen LogP contribution in [-0.2, 0) is 10.8 Å². The second kappa shape index (κ2) is 10.5. The van der Waals surface area contributed by atoms with Crippen molar-refractivity contribution < 1.29 is 4.74 Å². The monoisotopic (exact) mass is 492 g/mol. The van der Waals surface area contributed by atoms with Crippen molar-refractivity contribution in [3.8, 4) is 5.75 Å². The molecule has 2 heteroatoms. The average Bonchev–Trinajstić information content (AvgIpc) is 3.39. The summed E-state index contributed by atoms with van der Waals surface area (Å²) in [5, 5.41) is 1.50. The van der Waals surface area contributed by atoms with Gasteiger partial charge >= 0.3 is 0 Å². The number of ether oxygens (including phenoxy) is 1. The van der Waals surface area contributed by atoms with E-state index in [2.05, 4.69) is 132 Å². The molecule has 186 valence electrons. The molecule has 0 heterocycles. The fraction of sp³-hybridized carbons (Fsp3) is 0.294. The molecule has 0 saturated heterocycles. The minimum absolute atomic E-state index is 0.0773. The Bertz CT molecular complexity index is 1230. The summed E-state index contributed by atoms with van der Waals surface area (Å²) in [5.74, 6) is 1.03. The molecule has 0 spiro atoms. The van der Waals surface area contributed by atoms with Crippen LogP contribution in [0.4, 0.5) is 0 Å². The van der Waals surface area contributed by atoms with Crippen molar-refractivity contribution in [3.63, 3.8) is 0 Å². The van der Waals surface area contributed by atoms with Crippen molar-refractivity contribution in [3.05, 3.63) is 131 Å². The molecule has 0 bridgehead atoms. The third-order valence-electron chi connectivity index (χ3n) is 7.25. The van der Waals surface area contributed by atoms with Gasteiger partial charge in [-0.2, -0.15) is 0 Å². The van der Waals surface area contributed by atoms with E-state index in [4.69, 9.17) is 4.74 Å². The van der Waals surface area contributed by atoms with Gasteiger partial charge in [0.2, 0.25) is 0 Å². The highest BCUT2D eigenvalue weighted by Crippen LogP contribution is 2.52. The molecule has 0 fully saturated rings. The van der Waals surface area contributed by atoms with Crippen LogP contribution >= 0.6 is 0 Å². The van der Waals surface area contributed by atoms with E-state index in [1.165, 1.54) is 38.6 Å². The second-order valence-corrected chi connectivity index (χ2v) is 14.0. The van der Waals surface area contributed by atoms with Crippen molar-refractivity contribution in [1.82, 2.24) is 0 Å². The molecule has 4 rings (SSSR count). The summed E-state index contributed by atoms with van der Waals surface area (Å²) in [6, 6.07) is 24.5. The van der Waals surface area contributed by atoms with Crippen LogP contribution in [0.3, 0.4) is 0 Å². The lowest BCUT2D eigenvalue weighted by molar-refractivity contribution is 0.344. The molecule has 0 saturated carbocycles. The standard InChI is InChI=1S/C34H40OSi/c1-8-23-35-31-29(33(3,4)5)24-25(2)32(36(6)7)30(31)34(28-21-15-16-22-28,26-17-11-9-12-18-26)27-19-13-10-14-20-27/h8-15,17-22,24,36H,1,16,23H2,2-7H3. The summed E-state index contributed by atoms with van der Waals surface area (Å²) in [4.78, 5) is 0. The van der Waals surface area contributed by atoms with Crippen molar-refractivity contribution in [2.24, 2.45) is 0 Å². The molecule has 1 aliphatic carbocycles. The molecular formula is C34H40OSi. The lowest BCUT2D eigenvalue weighted by atomic mass is 9.63. The first-order valence-electron chi connectivity index (χ1n) is 13.1. The summed E-state index contributed by atoms with van der Waals surface area (Å²) in [7, 11) is -1.29. The van der Waals surface area contributed by atoms with Gasteiger partial charge in [-0.1, -0.05) is 142 Å². The predicted octanol–water partition coefficient (Wildman–Crippen LogP) is 7.77. The van der Waals surface area contributed by atoms with Crippen LogP contribution in [0, 0.1) is 6.92 Å². The zero-order chi connectivity index (χ0) is 25.9. The molecule has 36 heavy (non-hydrogen) atoms. The SMILES string of the molecule is C=CCOc1c(C(C)(C)C)cc(C)c([SiH](C)C)c1C(C1=CCC=C1)(c1ccccc1)c1ccccc1. The van der Waals surface area contributed by atoms with Crippen molar-refractivity contribution in [2.75, 3.05) is 6.61 Å². The lowest BCUT2D eigenvalue weighted by Crippen LogP contribution is -2.43. The van der Waals surface area contributed by atoms with Crippen LogP contribution < -0.4 is 9.92 Å². The van der Waals surface area contributed by atoms with Crippen LogP contribution in [0.25, 0.3) is 0 Å². The minimum atomic E-state index is -1.29. The van der Waals surface area contributed by atoms with Gasteiger partial charge in [0.1, 0.15) is 12.4 Å². The van der Waals surface area contributed by atoms with Gasteiger partial charge in [-0.3, -0.25) is 0 Å². The van der Waals surface area contributed by atoms with Gasteiger partial charge in [0, 0.05) is 11.1 Å². The fourth-order valence-electron chi connectivity index (χ4n) is 5.83. The van der Waals surface area contributed by atoms with E-state index in [-0.39, 0.29) is 5.41 Å². The highest BCUT2D eigenvalue weighted by molar-refractivity contribution is 6.71. The topological polar surface area (TPSA) is 9.23 Å². The summed E-state index contributed by atoms with van der Waals surface area (Å²) < 4.78 is 6.75. The first-order chi connectivity index (χ1) is 17.2. The lowest BCUT2D eigenvalue weighted by Gasteiger charge is -2.42. The number of rotatable bonds is 8. The van der Waals surface area contributed by atoms with Crippen molar-refractivity contribution in [2.45, 2.75) is 58.0 Å². The molecule has 1 nitrogen and oxygen atoms in total. The molecule has 0 N–H and O–H groups in total. The first-order valence-corrected chi connectivity index (χ1v) is 16.0. The summed E-state index contributed by atoms with van der Waals surface area (Å²) in [5.41, 5.74) is 7.28. The van der Waals surface area contributed by atoms with Gasteiger partial charge in [0.05, 0.1) is 14.2 Å². The van der Waals surface area contributed by atoms with Crippen LogP contribution in [0.5, 0.6) is 5.75 Å². The quantitative estimate of drug-likeness (QED) is 0.177. The maximum atomic E-state index is 6.75.